The molecule has 0 saturated carbocycles. The maximum atomic E-state index is 12.4. The third kappa shape index (κ3) is 17.8. The summed E-state index contributed by atoms with van der Waals surface area (Å²) < 4.78 is 29.6. The van der Waals surface area contributed by atoms with Gasteiger partial charge in [-0.3, -0.25) is 56.9 Å². The van der Waals surface area contributed by atoms with E-state index in [9.17, 15) is 43.2 Å². The van der Waals surface area contributed by atoms with Crippen LogP contribution in [-0.2, 0) is 54.8 Å². The molecule has 456 valence electrons. The van der Waals surface area contributed by atoms with E-state index in [4.69, 9.17) is 23.7 Å². The van der Waals surface area contributed by atoms with Gasteiger partial charge in [0.25, 0.3) is 16.7 Å². The number of carbonyl (C=O) groups excluding carboxylic acids is 6. The molecule has 6 N–H and O–H groups in total. The van der Waals surface area contributed by atoms with E-state index < -0.39 is 29.5 Å². The number of ether oxygens (including phenoxy) is 5. The van der Waals surface area contributed by atoms with Crippen molar-refractivity contribution in [3.63, 3.8) is 0 Å². The third-order valence-electron chi connectivity index (χ3n) is 13.0. The second-order valence-corrected chi connectivity index (χ2v) is 19.1. The number of methoxy groups -OCH3 is 5. The monoisotopic (exact) mass is 1200 g/mol. The first-order valence-corrected chi connectivity index (χ1v) is 27.1. The van der Waals surface area contributed by atoms with Gasteiger partial charge < -0.3 is 55.6 Å². The number of nitrogens with zero attached hydrogens (tertiary/aromatic N) is 6. The van der Waals surface area contributed by atoms with Gasteiger partial charge in [-0.15, -0.1) is 0 Å². The molecule has 26 nitrogen and oxygen atoms in total. The zero-order chi connectivity index (χ0) is 63.1. The summed E-state index contributed by atoms with van der Waals surface area (Å²) in [5.74, 6) is 0.215. The van der Waals surface area contributed by atoms with Crippen LogP contribution in [0.1, 0.15) is 11.1 Å². The predicted molar refractivity (Wildman–Crippen MR) is 328 cm³/mol. The Morgan fingerprint density at radius 3 is 1.24 bits per heavy atom. The largest absolute Gasteiger partial charge is 0.497 e. The zero-order valence-corrected chi connectivity index (χ0v) is 48.9. The van der Waals surface area contributed by atoms with Gasteiger partial charge in [-0.05, 0) is 97.3 Å². The summed E-state index contributed by atoms with van der Waals surface area (Å²) in [7, 11) is 7.64. The average Bonchev–Trinajstić information content (AvgIpc) is 3.73. The number of hydrogen-bond acceptors (Lipinski definition) is 17. The van der Waals surface area contributed by atoms with Gasteiger partial charge in [-0.1, -0.05) is 48.5 Å². The highest BCUT2D eigenvalue weighted by atomic mass is 16.5. The molecular weight excluding hydrogens is 1140 g/mol. The van der Waals surface area contributed by atoms with Gasteiger partial charge in [-0.25, -0.2) is 15.0 Å². The Balaban J connectivity index is 0.000000189. The molecule has 9 rings (SSSR count). The molecule has 6 aromatic carbocycles. The Hall–Kier alpha value is -11.4. The molecule has 3 aromatic heterocycles. The number of anilines is 2. The molecule has 0 unspecified atom stereocenters. The van der Waals surface area contributed by atoms with Crippen molar-refractivity contribution in [2.75, 3.05) is 72.4 Å². The minimum Gasteiger partial charge on any atom is -0.497 e. The Kier molecular flexibility index (Phi) is 22.9. The Bertz CT molecular complexity index is 4190. The van der Waals surface area contributed by atoms with Crippen LogP contribution >= 0.6 is 0 Å². The topological polar surface area (TPSA) is 325 Å². The van der Waals surface area contributed by atoms with Gasteiger partial charge in [0.2, 0.25) is 35.4 Å². The van der Waals surface area contributed by atoms with Gasteiger partial charge in [-0.2, -0.15) is 0 Å². The van der Waals surface area contributed by atoms with E-state index in [2.05, 4.69) is 46.9 Å². The number of amides is 6. The van der Waals surface area contributed by atoms with Gasteiger partial charge in [0.15, 0.2) is 11.5 Å². The second-order valence-electron chi connectivity index (χ2n) is 19.1. The first kappa shape index (κ1) is 64.1. The highest BCUT2D eigenvalue weighted by molar-refractivity contribution is 5.97. The van der Waals surface area contributed by atoms with Crippen LogP contribution in [0.15, 0.2) is 161 Å². The van der Waals surface area contributed by atoms with Crippen molar-refractivity contribution in [2.24, 2.45) is 0 Å². The summed E-state index contributed by atoms with van der Waals surface area (Å²) in [4.78, 5) is 122. The number of aromatic nitrogens is 6. The van der Waals surface area contributed by atoms with E-state index in [1.54, 1.807) is 123 Å². The molecule has 0 fully saturated rings. The molecule has 0 spiro atoms. The van der Waals surface area contributed by atoms with E-state index in [0.717, 1.165) is 11.1 Å². The number of fused-ring (bicyclic) bond motifs is 3. The number of hydrogen-bond donors (Lipinski definition) is 6. The van der Waals surface area contributed by atoms with Gasteiger partial charge in [0.1, 0.15) is 36.9 Å². The lowest BCUT2D eigenvalue weighted by Crippen LogP contribution is -2.40. The number of nitrogens with one attached hydrogen (secondary N) is 6. The quantitative estimate of drug-likeness (QED) is 0.0565. The van der Waals surface area contributed by atoms with Crippen molar-refractivity contribution in [3.8, 4) is 28.7 Å². The zero-order valence-electron chi connectivity index (χ0n) is 48.9. The summed E-state index contributed by atoms with van der Waals surface area (Å²) in [6, 6.07) is 36.6. The van der Waals surface area contributed by atoms with Crippen molar-refractivity contribution >= 4 is 79.5 Å². The van der Waals surface area contributed by atoms with E-state index in [1.165, 1.54) is 54.0 Å². The summed E-state index contributed by atoms with van der Waals surface area (Å²) >= 11 is 0. The maximum Gasteiger partial charge on any atom is 0.261 e. The average molecular weight is 1200 g/mol. The first-order valence-electron chi connectivity index (χ1n) is 27.1. The normalized spacial score (nSPS) is 10.5. The van der Waals surface area contributed by atoms with Crippen molar-refractivity contribution in [1.82, 2.24) is 49.9 Å². The van der Waals surface area contributed by atoms with Crippen LogP contribution in [-0.4, -0.2) is 126 Å². The van der Waals surface area contributed by atoms with E-state index >= 15 is 0 Å². The highest BCUT2D eigenvalue weighted by Gasteiger charge is 2.16. The van der Waals surface area contributed by atoms with Crippen LogP contribution in [0.3, 0.4) is 0 Å². The molecule has 26 heteroatoms. The fraction of sp³-hybridized carbons (Fsp3) is 0.226. The standard InChI is InChI=1S/C22H24N4O5.C20H20N4O5.C20H20N4O4/c1-30-18-8-7-15(11-19(18)31-2)9-10-23-20(27)12-24-21(28)13-26-14-25-17-6-4-3-5-16(17)22(26)29;1-28-13-7-8-17(29-2)16(9-13)23-18(25)10-21-19(26)11-24-12-22-15-6-4-3-5-14(15)20(24)27;1-13-7-8-17(28-2)16(9-13)23-18(25)10-21-19(26)11-24-12-22-15-6-4-3-5-14(15)20(24)27/h3-8,11,14H,9-10,12-13H2,1-2H3,(H,23,27)(H,24,28);3-9,12H,10-11H2,1-2H3,(H,21,26)(H,23,25);3-9,12H,10-11H2,1-2H3,(H,21,26)(H,23,25). The third-order valence-corrected chi connectivity index (χ3v) is 13.0. The van der Waals surface area contributed by atoms with Crippen molar-refractivity contribution in [2.45, 2.75) is 33.0 Å². The maximum absolute atomic E-state index is 12.4. The Morgan fingerprint density at radius 2 is 0.807 bits per heavy atom. The number of rotatable bonds is 22. The smallest absolute Gasteiger partial charge is 0.261 e. The van der Waals surface area contributed by atoms with E-state index in [-0.39, 0.29) is 61.9 Å². The second kappa shape index (κ2) is 31.5. The van der Waals surface area contributed by atoms with Crippen LogP contribution < -0.4 is 72.3 Å². The lowest BCUT2D eigenvalue weighted by molar-refractivity contribution is -0.126. The molecule has 0 aliphatic rings. The number of para-hydroxylation sites is 3. The van der Waals surface area contributed by atoms with Crippen LogP contribution in [0.2, 0.25) is 0 Å². The highest BCUT2D eigenvalue weighted by Crippen LogP contribution is 2.30. The van der Waals surface area contributed by atoms with Gasteiger partial charge >= 0.3 is 0 Å². The molecule has 0 aliphatic heterocycles. The molecule has 88 heavy (non-hydrogen) atoms. The molecule has 6 amide bonds. The SMILES string of the molecule is COc1ccc(C)cc1NC(=O)CNC(=O)Cn1cnc2ccccc2c1=O.COc1ccc(CCNC(=O)CNC(=O)Cn2cnc3ccccc3c2=O)cc1OC.COc1ccc(OC)c(NC(=O)CNC(=O)Cn2cnc3ccccc3c2=O)c1. The molecule has 0 atom stereocenters. The molecule has 3 heterocycles. The molecule has 0 radical (unpaired) electrons. The first-order chi connectivity index (χ1) is 42.5. The Labute approximate surface area is 502 Å². The van der Waals surface area contributed by atoms with Gasteiger partial charge in [0, 0.05) is 12.6 Å². The summed E-state index contributed by atoms with van der Waals surface area (Å²) in [6.07, 6.45) is 4.55. The van der Waals surface area contributed by atoms with E-state index in [0.29, 0.717) is 85.8 Å². The van der Waals surface area contributed by atoms with Gasteiger partial charge in [0.05, 0.1) is 118 Å². The van der Waals surface area contributed by atoms with Crippen LogP contribution in [0.25, 0.3) is 32.7 Å². The fourth-order valence-electron chi connectivity index (χ4n) is 8.49. The van der Waals surface area contributed by atoms with Crippen LogP contribution in [0.5, 0.6) is 28.7 Å². The van der Waals surface area contributed by atoms with Crippen LogP contribution in [0.4, 0.5) is 11.4 Å². The fourth-order valence-corrected chi connectivity index (χ4v) is 8.49. The number of benzene rings is 6. The van der Waals surface area contributed by atoms with Crippen molar-refractivity contribution in [1.29, 1.82) is 0 Å². The lowest BCUT2D eigenvalue weighted by Gasteiger charge is -2.12. The number of aryl methyl sites for hydroxylation is 1. The molecule has 0 bridgehead atoms. The lowest BCUT2D eigenvalue weighted by atomic mass is 10.1. The minimum atomic E-state index is -0.489. The van der Waals surface area contributed by atoms with Crippen molar-refractivity contribution < 1.29 is 52.5 Å². The van der Waals surface area contributed by atoms with Crippen LogP contribution in [0, 0.1) is 6.92 Å². The molecule has 9 aromatic rings. The van der Waals surface area contributed by atoms with E-state index in [1.807, 2.05) is 25.1 Å². The summed E-state index contributed by atoms with van der Waals surface area (Å²) in [5, 5.41) is 16.9. The summed E-state index contributed by atoms with van der Waals surface area (Å²) in [6.45, 7) is 0.936. The number of carbonyl (C=O) groups is 6. The minimum absolute atomic E-state index is 0.180. The molecule has 0 aliphatic carbocycles. The molecular formula is C62H64N12O14. The Morgan fingerprint density at radius 1 is 0.409 bits per heavy atom. The molecule has 0 saturated heterocycles. The van der Waals surface area contributed by atoms with Crippen molar-refractivity contribution in [3.05, 3.63) is 189 Å². The summed E-state index contributed by atoms with van der Waals surface area (Å²) in [5.41, 5.74) is 3.63. The predicted octanol–water partition coefficient (Wildman–Crippen LogP) is 3.53.